The van der Waals surface area contributed by atoms with E-state index in [2.05, 4.69) is 5.32 Å². The number of amides is 1. The van der Waals surface area contributed by atoms with E-state index in [-0.39, 0.29) is 19.1 Å². The highest BCUT2D eigenvalue weighted by molar-refractivity contribution is 6.30. The van der Waals surface area contributed by atoms with E-state index in [1.54, 1.807) is 12.1 Å². The van der Waals surface area contributed by atoms with Crippen molar-refractivity contribution in [3.8, 4) is 5.75 Å². The normalized spacial score (nSPS) is 12.3. The number of carbonyl (C=O) groups excluding carboxylic acids is 2. The van der Waals surface area contributed by atoms with E-state index < -0.39 is 5.97 Å². The van der Waals surface area contributed by atoms with Gasteiger partial charge in [-0.15, -0.1) is 0 Å². The fourth-order valence-corrected chi connectivity index (χ4v) is 2.95. The Bertz CT molecular complexity index is 789. The van der Waals surface area contributed by atoms with Gasteiger partial charge in [0.2, 0.25) is 0 Å². The molecule has 0 radical (unpaired) electrons. The average molecular weight is 374 g/mol. The molecule has 1 N–H and O–H groups in total. The molecule has 0 spiro atoms. The summed E-state index contributed by atoms with van der Waals surface area (Å²) in [5, 5.41) is 3.31. The van der Waals surface area contributed by atoms with Gasteiger partial charge in [0.1, 0.15) is 5.75 Å². The molecule has 0 bridgehead atoms. The number of fused-ring (bicyclic) bond motifs is 1. The summed E-state index contributed by atoms with van der Waals surface area (Å²) >= 11 is 5.80. The quantitative estimate of drug-likeness (QED) is 0.757. The lowest BCUT2D eigenvalue weighted by atomic mass is 10.1. The molecule has 1 amide bonds. The first-order valence-corrected chi connectivity index (χ1v) is 8.89. The van der Waals surface area contributed by atoms with Gasteiger partial charge in [0, 0.05) is 11.6 Å². The standard InChI is InChI=1S/C20H20ClNO4/c21-17-7-4-14(5-8-17)11-22-19(23)12-26-20(24)13-25-18-9-6-15-2-1-3-16(15)10-18/h4-10H,1-3,11-13H2,(H,22,23). The third-order valence-corrected chi connectivity index (χ3v) is 4.45. The molecule has 0 aliphatic heterocycles. The molecule has 2 aromatic carbocycles. The number of aryl methyl sites for hydroxylation is 2. The predicted molar refractivity (Wildman–Crippen MR) is 98.2 cm³/mol. The van der Waals surface area contributed by atoms with Gasteiger partial charge in [-0.05, 0) is 60.2 Å². The lowest BCUT2D eigenvalue weighted by molar-refractivity contribution is -0.150. The summed E-state index contributed by atoms with van der Waals surface area (Å²) in [5.41, 5.74) is 3.53. The SMILES string of the molecule is O=C(COC(=O)COc1ccc2c(c1)CCC2)NCc1ccc(Cl)cc1. The third kappa shape index (κ3) is 5.23. The number of halogens is 1. The third-order valence-electron chi connectivity index (χ3n) is 4.19. The summed E-state index contributed by atoms with van der Waals surface area (Å²) in [5.74, 6) is -0.298. The van der Waals surface area contributed by atoms with Gasteiger partial charge in [-0.2, -0.15) is 0 Å². The van der Waals surface area contributed by atoms with Crippen LogP contribution in [-0.2, 0) is 33.7 Å². The Morgan fingerprint density at radius 3 is 2.58 bits per heavy atom. The molecule has 26 heavy (non-hydrogen) atoms. The molecule has 2 aromatic rings. The number of rotatable bonds is 7. The van der Waals surface area contributed by atoms with Gasteiger partial charge < -0.3 is 14.8 Å². The number of carbonyl (C=O) groups is 2. The second-order valence-corrected chi connectivity index (χ2v) is 6.57. The number of ether oxygens (including phenoxy) is 2. The molecule has 0 fully saturated rings. The zero-order valence-electron chi connectivity index (χ0n) is 14.3. The first-order valence-electron chi connectivity index (χ1n) is 8.51. The fourth-order valence-electron chi connectivity index (χ4n) is 2.82. The molecule has 0 aromatic heterocycles. The topological polar surface area (TPSA) is 64.6 Å². The number of nitrogens with one attached hydrogen (secondary N) is 1. The van der Waals surface area contributed by atoms with Crippen LogP contribution in [0.15, 0.2) is 42.5 Å². The van der Waals surface area contributed by atoms with Crippen molar-refractivity contribution in [2.24, 2.45) is 0 Å². The van der Waals surface area contributed by atoms with E-state index in [0.717, 1.165) is 24.8 Å². The molecule has 1 aliphatic carbocycles. The molecule has 0 heterocycles. The van der Waals surface area contributed by atoms with Crippen LogP contribution in [0.4, 0.5) is 0 Å². The van der Waals surface area contributed by atoms with Crippen molar-refractivity contribution in [3.63, 3.8) is 0 Å². The largest absolute Gasteiger partial charge is 0.482 e. The highest BCUT2D eigenvalue weighted by Gasteiger charge is 2.13. The summed E-state index contributed by atoms with van der Waals surface area (Å²) in [4.78, 5) is 23.5. The Hall–Kier alpha value is -2.53. The second-order valence-electron chi connectivity index (χ2n) is 6.14. The van der Waals surface area contributed by atoms with E-state index in [4.69, 9.17) is 21.1 Å². The average Bonchev–Trinajstić information content (AvgIpc) is 3.12. The zero-order chi connectivity index (χ0) is 18.4. The van der Waals surface area contributed by atoms with E-state index in [9.17, 15) is 9.59 Å². The molecule has 6 heteroatoms. The minimum atomic E-state index is -0.577. The van der Waals surface area contributed by atoms with Crippen molar-refractivity contribution in [2.45, 2.75) is 25.8 Å². The molecular weight excluding hydrogens is 354 g/mol. The van der Waals surface area contributed by atoms with Gasteiger partial charge >= 0.3 is 5.97 Å². The van der Waals surface area contributed by atoms with Crippen molar-refractivity contribution in [3.05, 3.63) is 64.2 Å². The van der Waals surface area contributed by atoms with E-state index in [1.165, 1.54) is 11.1 Å². The van der Waals surface area contributed by atoms with E-state index in [1.807, 2.05) is 30.3 Å². The summed E-state index contributed by atoms with van der Waals surface area (Å²) < 4.78 is 10.4. The first kappa shape index (κ1) is 18.3. The molecule has 136 valence electrons. The van der Waals surface area contributed by atoms with Crippen LogP contribution in [0.25, 0.3) is 0 Å². The maximum atomic E-state index is 11.7. The van der Waals surface area contributed by atoms with Gasteiger partial charge in [0.25, 0.3) is 5.91 Å². The minimum Gasteiger partial charge on any atom is -0.482 e. The lowest BCUT2D eigenvalue weighted by Crippen LogP contribution is -2.29. The Balaban J connectivity index is 1.35. The predicted octanol–water partition coefficient (Wildman–Crippen LogP) is 3.07. The van der Waals surface area contributed by atoms with Crippen molar-refractivity contribution < 1.29 is 19.1 Å². The van der Waals surface area contributed by atoms with Crippen molar-refractivity contribution in [1.29, 1.82) is 0 Å². The summed E-state index contributed by atoms with van der Waals surface area (Å²) in [6.07, 6.45) is 3.31. The number of benzene rings is 2. The van der Waals surface area contributed by atoms with E-state index >= 15 is 0 Å². The molecule has 0 unspecified atom stereocenters. The zero-order valence-corrected chi connectivity index (χ0v) is 15.1. The Labute approximate surface area is 157 Å². The number of hydrogen-bond acceptors (Lipinski definition) is 4. The van der Waals surface area contributed by atoms with Crippen LogP contribution < -0.4 is 10.1 Å². The molecule has 5 nitrogen and oxygen atoms in total. The summed E-state index contributed by atoms with van der Waals surface area (Å²) in [7, 11) is 0. The van der Waals surface area contributed by atoms with Gasteiger partial charge in [0.15, 0.2) is 13.2 Å². The van der Waals surface area contributed by atoms with Crippen LogP contribution in [0.5, 0.6) is 5.75 Å². The van der Waals surface area contributed by atoms with Gasteiger partial charge in [-0.1, -0.05) is 29.8 Å². The van der Waals surface area contributed by atoms with Crippen LogP contribution in [0.3, 0.4) is 0 Å². The highest BCUT2D eigenvalue weighted by atomic mass is 35.5. The summed E-state index contributed by atoms with van der Waals surface area (Å²) in [6.45, 7) is -0.206. The van der Waals surface area contributed by atoms with Crippen molar-refractivity contribution >= 4 is 23.5 Å². The Morgan fingerprint density at radius 2 is 1.77 bits per heavy atom. The molecule has 0 saturated heterocycles. The smallest absolute Gasteiger partial charge is 0.344 e. The minimum absolute atomic E-state index is 0.219. The van der Waals surface area contributed by atoms with Gasteiger partial charge in [0.05, 0.1) is 0 Å². The molecule has 0 atom stereocenters. The Morgan fingerprint density at radius 1 is 1.00 bits per heavy atom. The van der Waals surface area contributed by atoms with Crippen molar-refractivity contribution in [1.82, 2.24) is 5.32 Å². The van der Waals surface area contributed by atoms with Gasteiger partial charge in [-0.3, -0.25) is 4.79 Å². The molecular formula is C20H20ClNO4. The van der Waals surface area contributed by atoms with Crippen LogP contribution in [-0.4, -0.2) is 25.1 Å². The second kappa shape index (κ2) is 8.72. The lowest BCUT2D eigenvalue weighted by Gasteiger charge is -2.09. The van der Waals surface area contributed by atoms with Crippen LogP contribution in [0.2, 0.25) is 5.02 Å². The number of hydrogen-bond donors (Lipinski definition) is 1. The van der Waals surface area contributed by atoms with Gasteiger partial charge in [-0.25, -0.2) is 4.79 Å². The van der Waals surface area contributed by atoms with Crippen LogP contribution in [0, 0.1) is 0 Å². The molecule has 0 saturated carbocycles. The fraction of sp³-hybridized carbons (Fsp3) is 0.300. The van der Waals surface area contributed by atoms with Crippen LogP contribution in [0.1, 0.15) is 23.1 Å². The van der Waals surface area contributed by atoms with Crippen LogP contribution >= 0.6 is 11.6 Å². The van der Waals surface area contributed by atoms with E-state index in [0.29, 0.717) is 17.3 Å². The highest BCUT2D eigenvalue weighted by Crippen LogP contribution is 2.25. The summed E-state index contributed by atoms with van der Waals surface area (Å²) in [6, 6.07) is 13.0. The first-order chi connectivity index (χ1) is 12.6. The Kier molecular flexibility index (Phi) is 6.12. The maximum absolute atomic E-state index is 11.7. The van der Waals surface area contributed by atoms with Crippen molar-refractivity contribution in [2.75, 3.05) is 13.2 Å². The maximum Gasteiger partial charge on any atom is 0.344 e. The number of esters is 1. The monoisotopic (exact) mass is 373 g/mol. The molecule has 1 aliphatic rings. The molecule has 3 rings (SSSR count).